The molecule has 0 amide bonds. The third-order valence-electron chi connectivity index (χ3n) is 5.55. The van der Waals surface area contributed by atoms with Gasteiger partial charge in [-0.05, 0) is 24.7 Å². The van der Waals surface area contributed by atoms with E-state index in [4.69, 9.17) is 17.3 Å². The standard InChI is InChI=1S/C17H24N6O2S2/c1-20-16(14-5-11-27(24,25)12-14)19-23(17(20)26)13-21-7-9-22(10-8-21)15-4-2-3-6-18-15/h2-4,6,14H,5,7-13H2,1H3/p+2/t14-/m0/s1. The van der Waals surface area contributed by atoms with Gasteiger partial charge in [0.05, 0.1) is 17.7 Å². The summed E-state index contributed by atoms with van der Waals surface area (Å²) in [5, 5.41) is 4.70. The molecule has 2 aromatic heterocycles. The van der Waals surface area contributed by atoms with Crippen LogP contribution in [0.15, 0.2) is 24.4 Å². The molecular weight excluding hydrogens is 384 g/mol. The monoisotopic (exact) mass is 410 g/mol. The number of H-pyrrole nitrogens is 1. The van der Waals surface area contributed by atoms with Crippen molar-refractivity contribution in [3.63, 3.8) is 0 Å². The fourth-order valence-electron chi connectivity index (χ4n) is 3.98. The smallest absolute Gasteiger partial charge is 0.274 e. The van der Waals surface area contributed by atoms with Crippen LogP contribution < -0.4 is 14.8 Å². The van der Waals surface area contributed by atoms with Crippen LogP contribution in [0.2, 0.25) is 0 Å². The molecule has 2 aromatic rings. The lowest BCUT2D eigenvalue weighted by Crippen LogP contribution is -3.14. The van der Waals surface area contributed by atoms with E-state index < -0.39 is 9.84 Å². The minimum Gasteiger partial charge on any atom is -0.310 e. The summed E-state index contributed by atoms with van der Waals surface area (Å²) in [6.45, 7) is 4.69. The zero-order valence-electron chi connectivity index (χ0n) is 15.5. The molecule has 0 radical (unpaired) electrons. The van der Waals surface area contributed by atoms with Gasteiger partial charge >= 0.3 is 0 Å². The molecule has 2 N–H and O–H groups in total. The van der Waals surface area contributed by atoms with E-state index in [2.05, 4.69) is 16.0 Å². The van der Waals surface area contributed by atoms with Crippen LogP contribution in [0.3, 0.4) is 0 Å². The number of nitrogens with one attached hydrogen (secondary N) is 2. The average Bonchev–Trinajstić information content (AvgIpc) is 3.17. The number of hydrogen-bond acceptors (Lipinski definition) is 5. The van der Waals surface area contributed by atoms with Crippen molar-refractivity contribution in [1.29, 1.82) is 0 Å². The maximum Gasteiger partial charge on any atom is 0.274 e. The first-order valence-electron chi connectivity index (χ1n) is 9.32. The highest BCUT2D eigenvalue weighted by Crippen LogP contribution is 2.27. The summed E-state index contributed by atoms with van der Waals surface area (Å²) in [7, 11) is -1.04. The molecule has 2 saturated heterocycles. The van der Waals surface area contributed by atoms with Crippen LogP contribution in [0, 0.1) is 4.77 Å². The first-order valence-corrected chi connectivity index (χ1v) is 11.6. The van der Waals surface area contributed by atoms with E-state index in [1.165, 1.54) is 4.90 Å². The van der Waals surface area contributed by atoms with Crippen LogP contribution in [-0.2, 0) is 23.6 Å². The number of nitrogens with zero attached hydrogens (tertiary/aromatic N) is 4. The molecule has 0 spiro atoms. The van der Waals surface area contributed by atoms with E-state index in [0.29, 0.717) is 11.2 Å². The van der Waals surface area contributed by atoms with Crippen molar-refractivity contribution in [3.05, 3.63) is 35.0 Å². The van der Waals surface area contributed by atoms with Crippen molar-refractivity contribution < 1.29 is 18.3 Å². The Balaban J connectivity index is 1.42. The molecule has 0 saturated carbocycles. The van der Waals surface area contributed by atoms with Gasteiger partial charge in [-0.25, -0.2) is 13.4 Å². The summed E-state index contributed by atoms with van der Waals surface area (Å²) in [6, 6.07) is 6.13. The first kappa shape index (κ1) is 18.6. The number of pyridine rings is 1. The fraction of sp³-hybridized carbons (Fsp3) is 0.588. The lowest BCUT2D eigenvalue weighted by molar-refractivity contribution is -0.924. The van der Waals surface area contributed by atoms with Gasteiger partial charge < -0.3 is 9.47 Å². The van der Waals surface area contributed by atoms with Gasteiger partial charge in [0.15, 0.2) is 16.5 Å². The summed E-state index contributed by atoms with van der Waals surface area (Å²) in [5.41, 5.74) is 0. The predicted molar refractivity (Wildman–Crippen MR) is 104 cm³/mol. The van der Waals surface area contributed by atoms with Crippen LogP contribution in [0.5, 0.6) is 0 Å². The third kappa shape index (κ3) is 3.92. The number of rotatable bonds is 4. The number of aromatic nitrogens is 4. The number of hydrogen-bond donors (Lipinski definition) is 1. The molecule has 2 aliphatic heterocycles. The van der Waals surface area contributed by atoms with Gasteiger partial charge in [0.2, 0.25) is 4.77 Å². The Kier molecular flexibility index (Phi) is 5.04. The van der Waals surface area contributed by atoms with Crippen LogP contribution in [-0.4, -0.2) is 60.5 Å². The molecule has 4 rings (SSSR count). The van der Waals surface area contributed by atoms with Crippen molar-refractivity contribution in [2.24, 2.45) is 7.05 Å². The zero-order chi connectivity index (χ0) is 19.0. The van der Waals surface area contributed by atoms with Gasteiger partial charge in [-0.1, -0.05) is 6.07 Å². The predicted octanol–water partition coefficient (Wildman–Crippen LogP) is -0.970. The molecule has 4 heterocycles. The molecule has 27 heavy (non-hydrogen) atoms. The number of sulfone groups is 1. The Labute approximate surface area is 164 Å². The summed E-state index contributed by atoms with van der Waals surface area (Å²) in [4.78, 5) is 7.08. The van der Waals surface area contributed by atoms with Crippen LogP contribution in [0.1, 0.15) is 18.2 Å². The second-order valence-corrected chi connectivity index (χ2v) is 10.0. The van der Waals surface area contributed by atoms with E-state index in [1.807, 2.05) is 34.6 Å². The number of aromatic amines is 1. The fourth-order valence-corrected chi connectivity index (χ4v) is 5.91. The second-order valence-electron chi connectivity index (χ2n) is 7.44. The van der Waals surface area contributed by atoms with E-state index in [-0.39, 0.29) is 17.4 Å². The molecule has 0 bridgehead atoms. The molecule has 10 heteroatoms. The summed E-state index contributed by atoms with van der Waals surface area (Å²) in [5.74, 6) is 2.35. The lowest BCUT2D eigenvalue weighted by atomic mass is 10.1. The molecule has 2 fully saturated rings. The van der Waals surface area contributed by atoms with E-state index in [9.17, 15) is 8.42 Å². The molecule has 8 nitrogen and oxygen atoms in total. The van der Waals surface area contributed by atoms with E-state index >= 15 is 0 Å². The van der Waals surface area contributed by atoms with Crippen LogP contribution in [0.4, 0.5) is 5.82 Å². The highest BCUT2D eigenvalue weighted by Gasteiger charge is 2.33. The van der Waals surface area contributed by atoms with E-state index in [0.717, 1.165) is 44.5 Å². The lowest BCUT2D eigenvalue weighted by Gasteiger charge is -2.27. The first-order chi connectivity index (χ1) is 12.9. The summed E-state index contributed by atoms with van der Waals surface area (Å²) in [6.07, 6.45) is 2.59. The van der Waals surface area contributed by atoms with Gasteiger partial charge in [0.25, 0.3) is 5.82 Å². The average molecular weight is 411 g/mol. The van der Waals surface area contributed by atoms with Gasteiger partial charge in [-0.2, -0.15) is 9.78 Å². The van der Waals surface area contributed by atoms with Gasteiger partial charge in [0.1, 0.15) is 32.0 Å². The quantitative estimate of drug-likeness (QED) is 0.657. The minimum absolute atomic E-state index is 0.0385. The van der Waals surface area contributed by atoms with Crippen molar-refractivity contribution in [3.8, 4) is 0 Å². The third-order valence-corrected chi connectivity index (χ3v) is 7.80. The highest BCUT2D eigenvalue weighted by atomic mass is 32.2. The van der Waals surface area contributed by atoms with Crippen molar-refractivity contribution >= 4 is 27.9 Å². The Morgan fingerprint density at radius 2 is 2.11 bits per heavy atom. The molecule has 0 aliphatic carbocycles. The Morgan fingerprint density at radius 3 is 2.74 bits per heavy atom. The van der Waals surface area contributed by atoms with Gasteiger partial charge in [-0.15, -0.1) is 0 Å². The second kappa shape index (κ2) is 7.33. The normalized spacial score (nSPS) is 23.0. The van der Waals surface area contributed by atoms with E-state index in [1.54, 1.807) is 0 Å². The zero-order valence-corrected chi connectivity index (χ0v) is 17.1. The van der Waals surface area contributed by atoms with Crippen LogP contribution >= 0.6 is 12.2 Å². The molecule has 0 aromatic carbocycles. The van der Waals surface area contributed by atoms with Crippen molar-refractivity contribution in [1.82, 2.24) is 14.3 Å². The molecule has 1 atom stereocenters. The maximum absolute atomic E-state index is 11.8. The summed E-state index contributed by atoms with van der Waals surface area (Å²) < 4.78 is 28.0. The topological polar surface area (TPSA) is 78.7 Å². The Hall–Kier alpha value is -1.78. The minimum atomic E-state index is -2.93. The van der Waals surface area contributed by atoms with Crippen LogP contribution in [0.25, 0.3) is 0 Å². The Bertz CT molecular complexity index is 961. The highest BCUT2D eigenvalue weighted by molar-refractivity contribution is 7.91. The number of quaternary nitrogens is 1. The summed E-state index contributed by atoms with van der Waals surface area (Å²) >= 11 is 5.56. The van der Waals surface area contributed by atoms with Gasteiger partial charge in [0, 0.05) is 19.0 Å². The molecule has 2 aliphatic rings. The molecule has 146 valence electrons. The number of anilines is 1. The largest absolute Gasteiger partial charge is 0.310 e. The van der Waals surface area contributed by atoms with Crippen molar-refractivity contribution in [2.45, 2.75) is 19.0 Å². The SMILES string of the molecule is Cn1c([C@H]2CCS(=O)(=O)C2)nn(C[NH+]2CCN(c3cccc[nH+]3)CC2)c1=S. The maximum atomic E-state index is 11.8. The Morgan fingerprint density at radius 1 is 1.33 bits per heavy atom. The molecule has 0 unspecified atom stereocenters. The number of piperazine rings is 1. The molecular formula is C17H26N6O2S2+2. The van der Waals surface area contributed by atoms with Crippen molar-refractivity contribution in [2.75, 3.05) is 42.6 Å². The van der Waals surface area contributed by atoms with Gasteiger partial charge in [-0.3, -0.25) is 4.90 Å².